The number of aryl methyl sites for hydroxylation is 2. The van der Waals surface area contributed by atoms with E-state index in [0.717, 1.165) is 77.7 Å². The van der Waals surface area contributed by atoms with Crippen LogP contribution in [0.3, 0.4) is 0 Å². The third-order valence-corrected chi connectivity index (χ3v) is 12.4. The third-order valence-electron chi connectivity index (χ3n) is 10.4. The Kier molecular flexibility index (Phi) is 18.3. The molecular formula is C50H42F8N8O3S2. The zero-order chi connectivity index (χ0) is 51.4. The summed E-state index contributed by atoms with van der Waals surface area (Å²) in [6.45, 7) is 5.20. The van der Waals surface area contributed by atoms with Crippen molar-refractivity contribution in [3.8, 4) is 11.4 Å². The first kappa shape index (κ1) is 53.0. The topological polar surface area (TPSA) is 131 Å². The van der Waals surface area contributed by atoms with Crippen molar-refractivity contribution in [3.63, 3.8) is 0 Å². The minimum atomic E-state index is -1.31. The molecule has 0 spiro atoms. The van der Waals surface area contributed by atoms with E-state index in [2.05, 4.69) is 32.2 Å². The average molecular weight is 1020 g/mol. The van der Waals surface area contributed by atoms with Crippen LogP contribution >= 0.6 is 23.5 Å². The highest BCUT2D eigenvalue weighted by Crippen LogP contribution is 2.31. The predicted molar refractivity (Wildman–Crippen MR) is 252 cm³/mol. The summed E-state index contributed by atoms with van der Waals surface area (Å²) in [5.41, 5.74) is 4.18. The van der Waals surface area contributed by atoms with Crippen LogP contribution in [0, 0.1) is 60.4 Å². The number of aromatic nitrogens is 6. The van der Waals surface area contributed by atoms with Gasteiger partial charge in [-0.05, 0) is 128 Å². The van der Waals surface area contributed by atoms with Crippen LogP contribution < -0.4 is 5.32 Å². The van der Waals surface area contributed by atoms with Gasteiger partial charge in [0.1, 0.15) is 29.0 Å². The number of hydrogen-bond acceptors (Lipinski definition) is 9. The van der Waals surface area contributed by atoms with Crippen LogP contribution in [0.5, 0.6) is 0 Å². The molecule has 0 saturated carbocycles. The number of nitrogens with one attached hydrogen (secondary N) is 1. The highest BCUT2D eigenvalue weighted by Gasteiger charge is 2.24. The average Bonchev–Trinajstić information content (AvgIpc) is 3.99. The minimum absolute atomic E-state index is 0.108. The van der Waals surface area contributed by atoms with Crippen molar-refractivity contribution < 1.29 is 49.8 Å². The number of hydrogen-bond donors (Lipinski definition) is 2. The minimum Gasteiger partial charge on any atom is -0.477 e. The second-order valence-electron chi connectivity index (χ2n) is 15.3. The lowest BCUT2D eigenvalue weighted by molar-refractivity contribution is 0.0686. The molecule has 0 aliphatic rings. The van der Waals surface area contributed by atoms with Gasteiger partial charge in [-0.1, -0.05) is 23.5 Å². The largest absolute Gasteiger partial charge is 0.477 e. The number of halogens is 8. The summed E-state index contributed by atoms with van der Waals surface area (Å²) in [6, 6.07) is 17.3. The SMILES string of the molecule is CNCc1ccncc1C.Cc1cnccc1CN(C)C(=O)c1cnc(SCc2c(F)ccc(F)c2F)n1-c1ccc(F)cc1.O=C(O)c1cnc(SCc2c(F)ccc(F)c2F)n1-c1ccc(F)cc1. The van der Waals surface area contributed by atoms with E-state index in [1.54, 1.807) is 19.4 Å². The predicted octanol–water partition coefficient (Wildman–Crippen LogP) is 11.2. The second-order valence-corrected chi connectivity index (χ2v) is 17.2. The maximum Gasteiger partial charge on any atom is 0.354 e. The molecule has 0 fully saturated rings. The number of carboxylic acids is 1. The van der Waals surface area contributed by atoms with Crippen molar-refractivity contribution in [2.75, 3.05) is 14.1 Å². The molecule has 4 aromatic carbocycles. The van der Waals surface area contributed by atoms with Gasteiger partial charge in [-0.15, -0.1) is 0 Å². The number of carboxylic acid groups (broad SMARTS) is 1. The van der Waals surface area contributed by atoms with Crippen molar-refractivity contribution in [1.29, 1.82) is 0 Å². The van der Waals surface area contributed by atoms with E-state index in [1.165, 1.54) is 67.8 Å². The molecule has 0 unspecified atom stereocenters. The monoisotopic (exact) mass is 1020 g/mol. The van der Waals surface area contributed by atoms with Gasteiger partial charge in [-0.3, -0.25) is 23.9 Å². The van der Waals surface area contributed by atoms with Crippen LogP contribution in [-0.2, 0) is 24.6 Å². The Morgan fingerprint density at radius 2 is 1.01 bits per heavy atom. The van der Waals surface area contributed by atoms with Crippen LogP contribution in [0.1, 0.15) is 54.4 Å². The molecular weight excluding hydrogens is 977 g/mol. The van der Waals surface area contributed by atoms with Gasteiger partial charge >= 0.3 is 5.97 Å². The molecule has 2 N–H and O–H groups in total. The fourth-order valence-electron chi connectivity index (χ4n) is 6.62. The van der Waals surface area contributed by atoms with Gasteiger partial charge in [0, 0.05) is 78.9 Å². The molecule has 8 rings (SSSR count). The number of benzene rings is 4. The number of imidazole rings is 2. The Labute approximate surface area is 410 Å². The van der Waals surface area contributed by atoms with Gasteiger partial charge in [0.15, 0.2) is 39.3 Å². The van der Waals surface area contributed by atoms with Gasteiger partial charge in [-0.2, -0.15) is 0 Å². The Bertz CT molecular complexity index is 3140. The molecule has 1 amide bonds. The molecule has 4 heterocycles. The van der Waals surface area contributed by atoms with Gasteiger partial charge in [0.2, 0.25) is 0 Å². The second kappa shape index (κ2) is 24.5. The highest BCUT2D eigenvalue weighted by molar-refractivity contribution is 7.98. The summed E-state index contributed by atoms with van der Waals surface area (Å²) < 4.78 is 112. The third kappa shape index (κ3) is 13.3. The number of carbonyl (C=O) groups excluding carboxylic acids is 1. The lowest BCUT2D eigenvalue weighted by Crippen LogP contribution is -2.28. The van der Waals surface area contributed by atoms with Crippen LogP contribution in [0.25, 0.3) is 11.4 Å². The van der Waals surface area contributed by atoms with E-state index >= 15 is 0 Å². The van der Waals surface area contributed by atoms with Crippen molar-refractivity contribution in [3.05, 3.63) is 213 Å². The van der Waals surface area contributed by atoms with Crippen LogP contribution in [0.2, 0.25) is 0 Å². The summed E-state index contributed by atoms with van der Waals surface area (Å²) in [5.74, 6) is -9.95. The molecule has 368 valence electrons. The molecule has 0 saturated heterocycles. The summed E-state index contributed by atoms with van der Waals surface area (Å²) in [4.78, 5) is 42.5. The van der Waals surface area contributed by atoms with Crippen LogP contribution in [-0.4, -0.2) is 65.0 Å². The normalized spacial score (nSPS) is 10.8. The molecule has 0 aliphatic heterocycles. The van der Waals surface area contributed by atoms with Gasteiger partial charge in [0.25, 0.3) is 5.91 Å². The van der Waals surface area contributed by atoms with Crippen molar-refractivity contribution in [1.82, 2.24) is 39.3 Å². The smallest absolute Gasteiger partial charge is 0.354 e. The molecule has 71 heavy (non-hydrogen) atoms. The fourth-order valence-corrected chi connectivity index (χ4v) is 8.62. The first-order chi connectivity index (χ1) is 34.0. The number of pyridine rings is 2. The summed E-state index contributed by atoms with van der Waals surface area (Å²) in [7, 11) is 3.58. The van der Waals surface area contributed by atoms with Crippen molar-refractivity contribution in [2.45, 2.75) is 48.8 Å². The lowest BCUT2D eigenvalue weighted by Gasteiger charge is -2.20. The Balaban J connectivity index is 0.000000200. The Morgan fingerprint density at radius 1 is 0.592 bits per heavy atom. The number of aromatic carboxylic acids is 1. The van der Waals surface area contributed by atoms with Crippen molar-refractivity contribution in [2.24, 2.45) is 0 Å². The fraction of sp³-hybridized carbons (Fsp3) is 0.160. The molecule has 0 radical (unpaired) electrons. The quantitative estimate of drug-likeness (QED) is 0.0617. The molecule has 0 atom stereocenters. The summed E-state index contributed by atoms with van der Waals surface area (Å²) in [6.07, 6.45) is 9.47. The van der Waals surface area contributed by atoms with E-state index in [9.17, 15) is 49.8 Å². The molecule has 8 aromatic rings. The maximum atomic E-state index is 14.1. The Hall–Kier alpha value is -7.36. The van der Waals surface area contributed by atoms with E-state index < -0.39 is 63.6 Å². The molecule has 0 bridgehead atoms. The van der Waals surface area contributed by atoms with E-state index in [-0.39, 0.29) is 39.1 Å². The molecule has 21 heteroatoms. The number of nitrogens with zero attached hydrogens (tertiary/aromatic N) is 7. The van der Waals surface area contributed by atoms with Crippen LogP contribution in [0.15, 0.2) is 132 Å². The maximum absolute atomic E-state index is 14.1. The standard InChI is InChI=1S/C25H20F4N4OS.C17H10F4N2O2S.C8H12N2/c1-15-11-30-10-9-16(15)13-32(2)24(34)22-12-31-25(33(22)18-5-3-17(26)4-6-18)35-14-19-20(27)7-8-21(28)23(19)29;18-9-1-3-10(4-2-9)23-14(16(24)25)7-22-17(23)26-8-11-12(19)5-6-13(20)15(11)21;1-7-5-10-4-3-8(7)6-9-2/h3-12H,13-14H2,1-2H3;1-7H,8H2,(H,24,25);3-5,9H,6H2,1-2H3. The molecule has 4 aromatic heterocycles. The number of thioether (sulfide) groups is 2. The first-order valence-corrected chi connectivity index (χ1v) is 23.1. The number of carbonyl (C=O) groups is 2. The zero-order valence-corrected chi connectivity index (χ0v) is 39.7. The summed E-state index contributed by atoms with van der Waals surface area (Å²) >= 11 is 1.75. The van der Waals surface area contributed by atoms with Gasteiger partial charge < -0.3 is 15.3 Å². The van der Waals surface area contributed by atoms with Crippen LogP contribution in [0.4, 0.5) is 35.1 Å². The van der Waals surface area contributed by atoms with Gasteiger partial charge in [0.05, 0.1) is 12.4 Å². The van der Waals surface area contributed by atoms with E-state index in [4.69, 9.17) is 0 Å². The van der Waals surface area contributed by atoms with Gasteiger partial charge in [-0.25, -0.2) is 49.9 Å². The van der Waals surface area contributed by atoms with Crippen molar-refractivity contribution >= 4 is 35.4 Å². The molecule has 11 nitrogen and oxygen atoms in total. The number of rotatable bonds is 14. The number of amides is 1. The highest BCUT2D eigenvalue weighted by atomic mass is 32.2. The summed E-state index contributed by atoms with van der Waals surface area (Å²) in [5, 5.41) is 12.7. The Morgan fingerprint density at radius 3 is 1.45 bits per heavy atom. The lowest BCUT2D eigenvalue weighted by atomic mass is 10.1. The first-order valence-electron chi connectivity index (χ1n) is 21.1. The van der Waals surface area contributed by atoms with E-state index in [0.29, 0.717) is 24.0 Å². The van der Waals surface area contributed by atoms with E-state index in [1.807, 2.05) is 38.5 Å². The molecule has 0 aliphatic carbocycles. The zero-order valence-electron chi connectivity index (χ0n) is 38.1.